The van der Waals surface area contributed by atoms with Crippen molar-refractivity contribution in [2.45, 2.75) is 125 Å². The second-order valence-corrected chi connectivity index (χ2v) is 11.6. The van der Waals surface area contributed by atoms with E-state index in [1.807, 2.05) is 27.7 Å². The standard InChI is InChI=1S/C12H16O5.C12H14O5/c2*1-11(2)15-7-5-12-4-6(10(7)17-11)14-8(12)3-9(13)16-12/h6-8,10H,3-5H2,1-2H3;3,6-7,10H,4-5H2,1-2H3/t6-,7-,8+,10+,12-;6-,7-,10+,12-/m11/s1. The fourth-order valence-electron chi connectivity index (χ4n) is 7.14. The van der Waals surface area contributed by atoms with Crippen LogP contribution in [0.15, 0.2) is 11.8 Å². The van der Waals surface area contributed by atoms with Crippen LogP contribution in [0.4, 0.5) is 0 Å². The fraction of sp³-hybridized carbons (Fsp3) is 0.833. The number of carbonyl (C=O) groups is 2. The minimum absolute atomic E-state index is 0.00799. The van der Waals surface area contributed by atoms with Gasteiger partial charge in [-0.15, -0.1) is 0 Å². The molecule has 7 fully saturated rings. The van der Waals surface area contributed by atoms with Crippen LogP contribution in [0.2, 0.25) is 0 Å². The summed E-state index contributed by atoms with van der Waals surface area (Å²) < 4.78 is 46.1. The molecular weight excluding hydrogens is 448 g/mol. The summed E-state index contributed by atoms with van der Waals surface area (Å²) in [6, 6.07) is 0. The highest BCUT2D eigenvalue weighted by Crippen LogP contribution is 2.54. The summed E-state index contributed by atoms with van der Waals surface area (Å²) in [5.74, 6) is -0.934. The van der Waals surface area contributed by atoms with Gasteiger partial charge in [0.25, 0.3) is 0 Å². The molecule has 0 amide bonds. The van der Waals surface area contributed by atoms with E-state index in [1.54, 1.807) is 0 Å². The number of carbonyl (C=O) groups excluding carboxylic acids is 2. The summed E-state index contributed by atoms with van der Waals surface area (Å²) in [5, 5.41) is 0. The molecule has 0 aromatic carbocycles. The molecule has 10 nitrogen and oxygen atoms in total. The van der Waals surface area contributed by atoms with Gasteiger partial charge in [0, 0.05) is 25.7 Å². The van der Waals surface area contributed by atoms with Crippen molar-refractivity contribution >= 4 is 11.9 Å². The van der Waals surface area contributed by atoms with Crippen LogP contribution in [0, 0.1) is 0 Å². The van der Waals surface area contributed by atoms with Crippen LogP contribution in [0.25, 0.3) is 0 Å². The Labute approximate surface area is 197 Å². The molecule has 9 atom stereocenters. The summed E-state index contributed by atoms with van der Waals surface area (Å²) in [6.45, 7) is 7.62. The lowest BCUT2D eigenvalue weighted by molar-refractivity contribution is -0.163. The Balaban J connectivity index is 0.000000118. The number of ether oxygens (including phenoxy) is 8. The second kappa shape index (κ2) is 6.53. The van der Waals surface area contributed by atoms with E-state index < -0.39 is 22.8 Å². The molecule has 0 N–H and O–H groups in total. The molecule has 10 heteroatoms. The van der Waals surface area contributed by atoms with E-state index in [1.165, 1.54) is 6.08 Å². The van der Waals surface area contributed by atoms with E-state index in [0.717, 1.165) is 6.42 Å². The zero-order valence-electron chi connectivity index (χ0n) is 19.7. The summed E-state index contributed by atoms with van der Waals surface area (Å²) >= 11 is 0. The summed E-state index contributed by atoms with van der Waals surface area (Å²) in [7, 11) is 0. The van der Waals surface area contributed by atoms with E-state index in [2.05, 4.69) is 0 Å². The quantitative estimate of drug-likeness (QED) is 0.477. The number of esters is 2. The Kier molecular flexibility index (Phi) is 4.14. The fourth-order valence-corrected chi connectivity index (χ4v) is 7.14. The molecule has 6 heterocycles. The molecule has 0 aromatic heterocycles. The topological polar surface area (TPSA) is 108 Å². The first-order chi connectivity index (χ1) is 15.9. The van der Waals surface area contributed by atoms with E-state index in [9.17, 15) is 9.59 Å². The summed E-state index contributed by atoms with van der Waals surface area (Å²) in [5.41, 5.74) is -1.01. The van der Waals surface area contributed by atoms with Gasteiger partial charge in [0.15, 0.2) is 17.2 Å². The van der Waals surface area contributed by atoms with Crippen molar-refractivity contribution < 1.29 is 47.5 Å². The average molecular weight is 478 g/mol. The maximum atomic E-state index is 11.4. The third-order valence-corrected chi connectivity index (χ3v) is 8.20. The zero-order chi connectivity index (χ0) is 23.7. The molecule has 8 rings (SSSR count). The Morgan fingerprint density at radius 3 is 2.12 bits per heavy atom. The third-order valence-electron chi connectivity index (χ3n) is 8.20. The Morgan fingerprint density at radius 1 is 0.765 bits per heavy atom. The van der Waals surface area contributed by atoms with Crippen LogP contribution < -0.4 is 0 Å². The van der Waals surface area contributed by atoms with Gasteiger partial charge in [-0.3, -0.25) is 4.79 Å². The number of hydrogen-bond donors (Lipinski definition) is 0. The normalized spacial score (nSPS) is 51.8. The molecule has 0 unspecified atom stereocenters. The van der Waals surface area contributed by atoms with Crippen molar-refractivity contribution in [3.8, 4) is 0 Å². The van der Waals surface area contributed by atoms with Gasteiger partial charge in [-0.25, -0.2) is 4.79 Å². The largest absolute Gasteiger partial charge is 0.487 e. The summed E-state index contributed by atoms with van der Waals surface area (Å²) in [6.07, 6.45) is 4.31. The molecule has 2 saturated carbocycles. The molecule has 5 saturated heterocycles. The highest BCUT2D eigenvalue weighted by molar-refractivity contribution is 5.86. The molecule has 6 aliphatic heterocycles. The SMILES string of the molecule is CC1(C)O[C@H]2[C@H]3C[C@]4(C[C@H]2O1)OC(=O)C=C4O3.CC1(C)O[C@H]2[C@H]3C[C@]4(C[C@H]2O1)OC(=O)C[C@@H]4O3. The lowest BCUT2D eigenvalue weighted by Gasteiger charge is -2.34. The first-order valence-electron chi connectivity index (χ1n) is 12.2. The van der Waals surface area contributed by atoms with Gasteiger partial charge >= 0.3 is 11.9 Å². The lowest BCUT2D eigenvalue weighted by Crippen LogP contribution is -2.47. The molecule has 0 aromatic rings. The van der Waals surface area contributed by atoms with Crippen LogP contribution in [0.5, 0.6) is 0 Å². The van der Waals surface area contributed by atoms with Gasteiger partial charge in [-0.1, -0.05) is 0 Å². The maximum absolute atomic E-state index is 11.4. The highest BCUT2D eigenvalue weighted by atomic mass is 16.8. The number of hydrogen-bond acceptors (Lipinski definition) is 10. The van der Waals surface area contributed by atoms with E-state index >= 15 is 0 Å². The predicted octanol–water partition coefficient (Wildman–Crippen LogP) is 1.63. The molecule has 186 valence electrons. The molecule has 34 heavy (non-hydrogen) atoms. The molecule has 2 aliphatic carbocycles. The van der Waals surface area contributed by atoms with Crippen molar-refractivity contribution in [2.75, 3.05) is 0 Å². The average Bonchev–Trinajstić information content (AvgIpc) is 3.45. The number of fused-ring (bicyclic) bond motifs is 6. The van der Waals surface area contributed by atoms with Gasteiger partial charge in [0.05, 0.1) is 30.8 Å². The van der Waals surface area contributed by atoms with E-state index in [-0.39, 0.29) is 54.7 Å². The van der Waals surface area contributed by atoms with Crippen molar-refractivity contribution in [1.29, 1.82) is 0 Å². The second-order valence-electron chi connectivity index (χ2n) is 11.6. The molecule has 4 bridgehead atoms. The monoisotopic (exact) mass is 478 g/mol. The zero-order valence-corrected chi connectivity index (χ0v) is 19.7. The van der Waals surface area contributed by atoms with E-state index in [4.69, 9.17) is 37.9 Å². The molecular formula is C24H30O10. The van der Waals surface area contributed by atoms with Crippen molar-refractivity contribution in [3.63, 3.8) is 0 Å². The van der Waals surface area contributed by atoms with Crippen LogP contribution in [-0.2, 0) is 47.5 Å². The first-order valence-corrected chi connectivity index (χ1v) is 12.2. The van der Waals surface area contributed by atoms with Crippen molar-refractivity contribution in [2.24, 2.45) is 0 Å². The Hall–Kier alpha value is -1.72. The highest BCUT2D eigenvalue weighted by Gasteiger charge is 2.67. The van der Waals surface area contributed by atoms with E-state index in [0.29, 0.717) is 31.4 Å². The van der Waals surface area contributed by atoms with Gasteiger partial charge in [0.2, 0.25) is 0 Å². The summed E-state index contributed by atoms with van der Waals surface area (Å²) in [4.78, 5) is 22.7. The Bertz CT molecular complexity index is 988. The Morgan fingerprint density at radius 2 is 1.38 bits per heavy atom. The maximum Gasteiger partial charge on any atom is 0.335 e. The molecule has 2 spiro atoms. The predicted molar refractivity (Wildman–Crippen MR) is 110 cm³/mol. The van der Waals surface area contributed by atoms with Gasteiger partial charge in [-0.05, 0) is 27.7 Å². The van der Waals surface area contributed by atoms with Crippen LogP contribution in [0.3, 0.4) is 0 Å². The van der Waals surface area contributed by atoms with Crippen molar-refractivity contribution in [1.82, 2.24) is 0 Å². The lowest BCUT2D eigenvalue weighted by atomic mass is 9.80. The van der Waals surface area contributed by atoms with Crippen molar-refractivity contribution in [3.05, 3.63) is 11.8 Å². The minimum atomic E-state index is -0.577. The van der Waals surface area contributed by atoms with Crippen LogP contribution in [-0.4, -0.2) is 77.4 Å². The molecule has 0 radical (unpaired) electrons. The molecule has 8 aliphatic rings. The van der Waals surface area contributed by atoms with Gasteiger partial charge in [0.1, 0.15) is 35.8 Å². The van der Waals surface area contributed by atoms with Gasteiger partial charge in [-0.2, -0.15) is 0 Å². The smallest absolute Gasteiger partial charge is 0.335 e. The minimum Gasteiger partial charge on any atom is -0.487 e. The van der Waals surface area contributed by atoms with Gasteiger partial charge < -0.3 is 37.9 Å². The first kappa shape index (κ1) is 21.6. The third kappa shape index (κ3) is 3.05. The van der Waals surface area contributed by atoms with Crippen LogP contribution >= 0.6 is 0 Å². The number of rotatable bonds is 0. The van der Waals surface area contributed by atoms with Crippen LogP contribution in [0.1, 0.15) is 59.8 Å².